The molecular formula is C22H21N3O3. The summed E-state index contributed by atoms with van der Waals surface area (Å²) < 4.78 is 5.21. The van der Waals surface area contributed by atoms with Gasteiger partial charge in [-0.15, -0.1) is 0 Å². The molecule has 3 aromatic rings. The highest BCUT2D eigenvalue weighted by Crippen LogP contribution is 2.24. The molecule has 1 amide bonds. The topological polar surface area (TPSA) is 95.0 Å². The fourth-order valence-corrected chi connectivity index (χ4v) is 3.27. The first-order valence-electron chi connectivity index (χ1n) is 8.89. The van der Waals surface area contributed by atoms with Gasteiger partial charge in [0.1, 0.15) is 11.7 Å². The largest absolute Gasteiger partial charge is 0.495 e. The number of fused-ring (bicyclic) bond motifs is 1. The number of anilines is 1. The van der Waals surface area contributed by atoms with Gasteiger partial charge >= 0.3 is 0 Å². The minimum absolute atomic E-state index is 0.0236. The number of aromatic amines is 1. The van der Waals surface area contributed by atoms with Crippen LogP contribution in [0.15, 0.2) is 47.3 Å². The van der Waals surface area contributed by atoms with Crippen LogP contribution < -0.4 is 15.6 Å². The number of aryl methyl sites for hydroxylation is 2. The minimum Gasteiger partial charge on any atom is -0.495 e. The van der Waals surface area contributed by atoms with Crippen LogP contribution in [-0.2, 0) is 11.2 Å². The second-order valence-corrected chi connectivity index (χ2v) is 6.75. The maximum atomic E-state index is 12.6. The lowest BCUT2D eigenvalue weighted by atomic mass is 9.98. The highest BCUT2D eigenvalue weighted by Gasteiger charge is 2.21. The van der Waals surface area contributed by atoms with Gasteiger partial charge in [-0.05, 0) is 49.1 Å². The van der Waals surface area contributed by atoms with Gasteiger partial charge in [-0.25, -0.2) is 0 Å². The van der Waals surface area contributed by atoms with Crippen LogP contribution >= 0.6 is 0 Å². The summed E-state index contributed by atoms with van der Waals surface area (Å²) in [6.45, 7) is 3.92. The van der Waals surface area contributed by atoms with Crippen LogP contribution in [0.5, 0.6) is 5.75 Å². The van der Waals surface area contributed by atoms with Gasteiger partial charge in [0, 0.05) is 12.0 Å². The zero-order valence-electron chi connectivity index (χ0n) is 16.0. The fourth-order valence-electron chi connectivity index (χ4n) is 3.27. The number of hydrogen-bond acceptors (Lipinski definition) is 4. The van der Waals surface area contributed by atoms with Crippen molar-refractivity contribution in [1.29, 1.82) is 5.26 Å². The number of benzene rings is 2. The number of carbonyl (C=O) groups excluding carboxylic acids is 1. The monoisotopic (exact) mass is 375 g/mol. The summed E-state index contributed by atoms with van der Waals surface area (Å²) in [6, 6.07) is 14.7. The molecule has 2 N–H and O–H groups in total. The number of nitriles is 1. The van der Waals surface area contributed by atoms with E-state index < -0.39 is 11.8 Å². The number of ether oxygens (including phenoxy) is 1. The van der Waals surface area contributed by atoms with Crippen LogP contribution in [0.2, 0.25) is 0 Å². The first kappa shape index (κ1) is 19.2. The third-order valence-corrected chi connectivity index (χ3v) is 4.63. The van der Waals surface area contributed by atoms with E-state index in [1.807, 2.05) is 32.0 Å². The summed E-state index contributed by atoms with van der Waals surface area (Å²) in [7, 11) is 1.51. The number of carbonyl (C=O) groups is 1. The first-order chi connectivity index (χ1) is 13.4. The van der Waals surface area contributed by atoms with E-state index >= 15 is 0 Å². The summed E-state index contributed by atoms with van der Waals surface area (Å²) >= 11 is 0. The highest BCUT2D eigenvalue weighted by molar-refractivity contribution is 5.95. The summed E-state index contributed by atoms with van der Waals surface area (Å²) in [4.78, 5) is 28.0. The van der Waals surface area contributed by atoms with Crippen LogP contribution in [0, 0.1) is 31.1 Å². The molecular weight excluding hydrogens is 354 g/mol. The van der Waals surface area contributed by atoms with Gasteiger partial charge in [-0.3, -0.25) is 9.59 Å². The van der Waals surface area contributed by atoms with Gasteiger partial charge < -0.3 is 15.0 Å². The van der Waals surface area contributed by atoms with Gasteiger partial charge in [-0.2, -0.15) is 5.26 Å². The molecule has 6 nitrogen and oxygen atoms in total. The van der Waals surface area contributed by atoms with Crippen LogP contribution in [0.1, 0.15) is 16.7 Å². The number of H-pyrrole nitrogens is 1. The number of para-hydroxylation sites is 2. The lowest BCUT2D eigenvalue weighted by molar-refractivity contribution is -0.118. The van der Waals surface area contributed by atoms with E-state index in [9.17, 15) is 14.9 Å². The van der Waals surface area contributed by atoms with Crippen molar-refractivity contribution in [3.05, 3.63) is 69.5 Å². The van der Waals surface area contributed by atoms with E-state index in [0.29, 0.717) is 17.0 Å². The zero-order chi connectivity index (χ0) is 20.3. The van der Waals surface area contributed by atoms with Crippen LogP contribution in [0.25, 0.3) is 10.9 Å². The van der Waals surface area contributed by atoms with Crippen molar-refractivity contribution < 1.29 is 9.53 Å². The predicted octanol–water partition coefficient (Wildman–Crippen LogP) is 3.47. The molecule has 0 aliphatic heterocycles. The van der Waals surface area contributed by atoms with Crippen molar-refractivity contribution in [2.24, 2.45) is 5.92 Å². The molecule has 1 heterocycles. The summed E-state index contributed by atoms with van der Waals surface area (Å²) in [6.07, 6.45) is 0.0236. The molecule has 0 radical (unpaired) electrons. The molecule has 0 aliphatic carbocycles. The van der Waals surface area contributed by atoms with Gasteiger partial charge in [-0.1, -0.05) is 23.8 Å². The quantitative estimate of drug-likeness (QED) is 0.714. The molecule has 1 atom stereocenters. The number of rotatable bonds is 5. The summed E-state index contributed by atoms with van der Waals surface area (Å²) in [5.41, 5.74) is 3.42. The molecule has 0 bridgehead atoms. The molecule has 1 unspecified atom stereocenters. The third kappa shape index (κ3) is 3.89. The first-order valence-corrected chi connectivity index (χ1v) is 8.89. The Morgan fingerprint density at radius 1 is 1.25 bits per heavy atom. The molecule has 3 rings (SSSR count). The number of pyridine rings is 1. The molecule has 2 aromatic carbocycles. The Bertz CT molecular complexity index is 1140. The van der Waals surface area contributed by atoms with Crippen molar-refractivity contribution in [3.63, 3.8) is 0 Å². The smallest absolute Gasteiger partial charge is 0.251 e. The fraction of sp³-hybridized carbons (Fsp3) is 0.227. The normalized spacial score (nSPS) is 11.6. The molecule has 6 heteroatoms. The summed E-state index contributed by atoms with van der Waals surface area (Å²) in [5.74, 6) is -0.983. The van der Waals surface area contributed by atoms with E-state index in [-0.39, 0.29) is 12.0 Å². The van der Waals surface area contributed by atoms with Crippen LogP contribution in [0.3, 0.4) is 0 Å². The van der Waals surface area contributed by atoms with Gasteiger partial charge in [0.15, 0.2) is 0 Å². The second-order valence-electron chi connectivity index (χ2n) is 6.75. The maximum Gasteiger partial charge on any atom is 0.251 e. The Balaban J connectivity index is 1.88. The number of amides is 1. The van der Waals surface area contributed by atoms with Crippen molar-refractivity contribution >= 4 is 22.5 Å². The van der Waals surface area contributed by atoms with E-state index in [1.54, 1.807) is 30.3 Å². The maximum absolute atomic E-state index is 12.6. The number of aromatic nitrogens is 1. The number of methoxy groups -OCH3 is 1. The van der Waals surface area contributed by atoms with Crippen molar-refractivity contribution in [3.8, 4) is 11.8 Å². The average molecular weight is 375 g/mol. The highest BCUT2D eigenvalue weighted by atomic mass is 16.5. The van der Waals surface area contributed by atoms with Crippen molar-refractivity contribution in [2.45, 2.75) is 20.3 Å². The molecule has 0 fully saturated rings. The van der Waals surface area contributed by atoms with Gasteiger partial charge in [0.25, 0.3) is 5.56 Å². The van der Waals surface area contributed by atoms with Crippen molar-refractivity contribution in [1.82, 2.24) is 4.98 Å². The summed E-state index contributed by atoms with van der Waals surface area (Å²) in [5, 5.41) is 13.1. The second kappa shape index (κ2) is 7.97. The van der Waals surface area contributed by atoms with Gasteiger partial charge in [0.05, 0.1) is 24.4 Å². The minimum atomic E-state index is -1.01. The SMILES string of the molecule is COc1ccccc1NC(=O)C(C#N)Cc1cc2cc(C)cc(C)c2[nH]c1=O. The van der Waals surface area contributed by atoms with E-state index in [2.05, 4.69) is 10.3 Å². The number of nitrogens with zero attached hydrogens (tertiary/aromatic N) is 1. The molecule has 0 aliphatic rings. The predicted molar refractivity (Wildman–Crippen MR) is 108 cm³/mol. The molecule has 28 heavy (non-hydrogen) atoms. The Kier molecular flexibility index (Phi) is 5.46. The Hall–Kier alpha value is -3.59. The lowest BCUT2D eigenvalue weighted by Gasteiger charge is -2.13. The Morgan fingerprint density at radius 2 is 2.00 bits per heavy atom. The third-order valence-electron chi connectivity index (χ3n) is 4.63. The van der Waals surface area contributed by atoms with Crippen LogP contribution in [0.4, 0.5) is 5.69 Å². The van der Waals surface area contributed by atoms with Gasteiger partial charge in [0.2, 0.25) is 5.91 Å². The van der Waals surface area contributed by atoms with E-state index in [0.717, 1.165) is 22.0 Å². The molecule has 0 saturated heterocycles. The molecule has 0 saturated carbocycles. The van der Waals surface area contributed by atoms with E-state index in [4.69, 9.17) is 4.74 Å². The molecule has 142 valence electrons. The number of nitrogens with one attached hydrogen (secondary N) is 2. The Labute approximate surface area is 162 Å². The van der Waals surface area contributed by atoms with Crippen molar-refractivity contribution in [2.75, 3.05) is 12.4 Å². The zero-order valence-corrected chi connectivity index (χ0v) is 16.0. The molecule has 0 spiro atoms. The standard InChI is InChI=1S/C22H21N3O3/c1-13-8-14(2)20-15(9-13)10-16(21(26)25-20)11-17(12-23)22(27)24-18-6-4-5-7-19(18)28-3/h4-10,17H,11H2,1-3H3,(H,24,27)(H,25,26). The van der Waals surface area contributed by atoms with E-state index in [1.165, 1.54) is 7.11 Å². The number of hydrogen-bond donors (Lipinski definition) is 2. The average Bonchev–Trinajstić information content (AvgIpc) is 2.67. The van der Waals surface area contributed by atoms with Crippen LogP contribution in [-0.4, -0.2) is 18.0 Å². The molecule has 1 aromatic heterocycles. The Morgan fingerprint density at radius 3 is 2.71 bits per heavy atom. The lowest BCUT2D eigenvalue weighted by Crippen LogP contribution is -2.26.